The van der Waals surface area contributed by atoms with Gasteiger partial charge in [-0.3, -0.25) is 9.78 Å². The minimum absolute atomic E-state index is 0.191. The predicted octanol–water partition coefficient (Wildman–Crippen LogP) is 5.16. The number of benzene rings is 2. The number of rotatable bonds is 7. The second-order valence-electron chi connectivity index (χ2n) is 6.23. The highest BCUT2D eigenvalue weighted by atomic mass is 19.2. The summed E-state index contributed by atoms with van der Waals surface area (Å²) in [6.07, 6.45) is 5.84. The van der Waals surface area contributed by atoms with E-state index in [-0.39, 0.29) is 11.3 Å². The van der Waals surface area contributed by atoms with Crippen molar-refractivity contribution in [2.24, 2.45) is 0 Å². The fourth-order valence-corrected chi connectivity index (χ4v) is 2.89. The largest absolute Gasteiger partial charge is 0.299 e. The molecule has 26 heavy (non-hydrogen) atoms. The molecule has 132 valence electrons. The van der Waals surface area contributed by atoms with E-state index >= 15 is 0 Å². The summed E-state index contributed by atoms with van der Waals surface area (Å²) in [6.45, 7) is 0. The van der Waals surface area contributed by atoms with Gasteiger partial charge in [0.2, 0.25) is 0 Å². The molecule has 3 rings (SSSR count). The number of ketones is 1. The Morgan fingerprint density at radius 2 is 1.73 bits per heavy atom. The zero-order valence-corrected chi connectivity index (χ0v) is 14.3. The first-order valence-corrected chi connectivity index (χ1v) is 8.57. The Labute approximate surface area is 151 Å². The van der Waals surface area contributed by atoms with Crippen LogP contribution in [-0.2, 0) is 17.6 Å². The summed E-state index contributed by atoms with van der Waals surface area (Å²) < 4.78 is 27.2. The summed E-state index contributed by atoms with van der Waals surface area (Å²) in [7, 11) is 0. The average molecular weight is 351 g/mol. The fourth-order valence-electron chi connectivity index (χ4n) is 2.89. The molecular formula is C22H19F2NO. The molecule has 0 N–H and O–H groups in total. The Balaban J connectivity index is 1.53. The van der Waals surface area contributed by atoms with E-state index in [0.717, 1.165) is 30.0 Å². The van der Waals surface area contributed by atoms with Crippen molar-refractivity contribution in [3.8, 4) is 11.1 Å². The first kappa shape index (κ1) is 17.9. The van der Waals surface area contributed by atoms with Crippen LogP contribution >= 0.6 is 0 Å². The average Bonchev–Trinajstić information content (AvgIpc) is 2.65. The summed E-state index contributed by atoms with van der Waals surface area (Å²) in [6, 6.07) is 15.2. The molecule has 0 aliphatic carbocycles. The van der Waals surface area contributed by atoms with Gasteiger partial charge in [0, 0.05) is 30.8 Å². The van der Waals surface area contributed by atoms with Gasteiger partial charge in [-0.1, -0.05) is 42.5 Å². The Hall–Kier alpha value is -2.88. The molecule has 2 nitrogen and oxygen atoms in total. The third kappa shape index (κ3) is 4.60. The van der Waals surface area contributed by atoms with Gasteiger partial charge in [0.1, 0.15) is 5.78 Å². The van der Waals surface area contributed by atoms with E-state index in [1.807, 2.05) is 24.3 Å². The van der Waals surface area contributed by atoms with Crippen molar-refractivity contribution in [3.63, 3.8) is 0 Å². The predicted molar refractivity (Wildman–Crippen MR) is 97.7 cm³/mol. The molecule has 0 spiro atoms. The van der Waals surface area contributed by atoms with Crippen LogP contribution in [0, 0.1) is 11.6 Å². The van der Waals surface area contributed by atoms with Crippen molar-refractivity contribution in [2.75, 3.05) is 0 Å². The zero-order valence-electron chi connectivity index (χ0n) is 14.3. The van der Waals surface area contributed by atoms with Crippen molar-refractivity contribution in [1.82, 2.24) is 4.98 Å². The van der Waals surface area contributed by atoms with Gasteiger partial charge >= 0.3 is 0 Å². The van der Waals surface area contributed by atoms with E-state index in [2.05, 4.69) is 4.98 Å². The maximum atomic E-state index is 13.8. The monoisotopic (exact) mass is 351 g/mol. The number of pyridine rings is 1. The molecule has 0 atom stereocenters. The van der Waals surface area contributed by atoms with E-state index in [9.17, 15) is 13.6 Å². The first-order chi connectivity index (χ1) is 12.6. The highest BCUT2D eigenvalue weighted by Crippen LogP contribution is 2.25. The number of hydrogen-bond acceptors (Lipinski definition) is 2. The number of hydrogen-bond donors (Lipinski definition) is 0. The van der Waals surface area contributed by atoms with Crippen LogP contribution in [0.5, 0.6) is 0 Å². The summed E-state index contributed by atoms with van der Waals surface area (Å²) in [5.41, 5.74) is 2.89. The van der Waals surface area contributed by atoms with Gasteiger partial charge in [-0.25, -0.2) is 8.78 Å². The lowest BCUT2D eigenvalue weighted by molar-refractivity contribution is -0.118. The second kappa shape index (κ2) is 8.48. The summed E-state index contributed by atoms with van der Waals surface area (Å²) in [5, 5.41) is 0. The van der Waals surface area contributed by atoms with Crippen LogP contribution in [0.3, 0.4) is 0 Å². The van der Waals surface area contributed by atoms with Crippen LogP contribution in [0.1, 0.15) is 24.0 Å². The Kier molecular flexibility index (Phi) is 5.84. The number of carbonyl (C=O) groups is 1. The SMILES string of the molecule is O=C(CCCc1ccc(-c2cccc(F)c2F)cc1)Cc1cccnc1. The molecule has 0 amide bonds. The van der Waals surface area contributed by atoms with Crippen molar-refractivity contribution in [3.05, 3.63) is 89.8 Å². The smallest absolute Gasteiger partial charge is 0.166 e. The van der Waals surface area contributed by atoms with Crippen LogP contribution in [0.15, 0.2) is 67.0 Å². The Morgan fingerprint density at radius 3 is 2.46 bits per heavy atom. The van der Waals surface area contributed by atoms with Crippen LogP contribution in [0.25, 0.3) is 11.1 Å². The van der Waals surface area contributed by atoms with Gasteiger partial charge in [-0.15, -0.1) is 0 Å². The summed E-state index contributed by atoms with van der Waals surface area (Å²) >= 11 is 0. The van der Waals surface area contributed by atoms with E-state index in [4.69, 9.17) is 0 Å². The lowest BCUT2D eigenvalue weighted by Crippen LogP contribution is -2.03. The highest BCUT2D eigenvalue weighted by molar-refractivity contribution is 5.80. The van der Waals surface area contributed by atoms with E-state index < -0.39 is 11.6 Å². The van der Waals surface area contributed by atoms with E-state index in [1.165, 1.54) is 6.07 Å². The normalized spacial score (nSPS) is 10.7. The van der Waals surface area contributed by atoms with E-state index in [1.54, 1.807) is 30.6 Å². The third-order valence-corrected chi connectivity index (χ3v) is 4.26. The van der Waals surface area contributed by atoms with Crippen molar-refractivity contribution in [1.29, 1.82) is 0 Å². The lowest BCUT2D eigenvalue weighted by atomic mass is 10.00. The molecule has 4 heteroatoms. The number of aryl methyl sites for hydroxylation is 1. The number of halogens is 2. The molecule has 0 aliphatic rings. The molecule has 0 fully saturated rings. The maximum absolute atomic E-state index is 13.8. The lowest BCUT2D eigenvalue weighted by Gasteiger charge is -2.06. The van der Waals surface area contributed by atoms with Crippen molar-refractivity contribution in [2.45, 2.75) is 25.7 Å². The molecule has 1 heterocycles. The first-order valence-electron chi connectivity index (χ1n) is 8.57. The highest BCUT2D eigenvalue weighted by Gasteiger charge is 2.09. The van der Waals surface area contributed by atoms with Gasteiger partial charge in [-0.2, -0.15) is 0 Å². The molecule has 3 aromatic rings. The van der Waals surface area contributed by atoms with Crippen LogP contribution in [-0.4, -0.2) is 10.8 Å². The molecule has 0 saturated carbocycles. The van der Waals surface area contributed by atoms with Gasteiger partial charge in [0.25, 0.3) is 0 Å². The van der Waals surface area contributed by atoms with Gasteiger partial charge in [0.15, 0.2) is 11.6 Å². The van der Waals surface area contributed by atoms with Crippen LogP contribution < -0.4 is 0 Å². The van der Waals surface area contributed by atoms with Crippen LogP contribution in [0.2, 0.25) is 0 Å². The fraction of sp³-hybridized carbons (Fsp3) is 0.182. The van der Waals surface area contributed by atoms with Gasteiger partial charge in [0.05, 0.1) is 0 Å². The molecule has 0 bridgehead atoms. The topological polar surface area (TPSA) is 30.0 Å². The molecule has 2 aromatic carbocycles. The van der Waals surface area contributed by atoms with Gasteiger partial charge in [-0.05, 0) is 41.7 Å². The molecule has 0 saturated heterocycles. The Morgan fingerprint density at radius 1 is 0.923 bits per heavy atom. The second-order valence-corrected chi connectivity index (χ2v) is 6.23. The zero-order chi connectivity index (χ0) is 18.4. The quantitative estimate of drug-likeness (QED) is 0.588. The van der Waals surface area contributed by atoms with Crippen molar-refractivity contribution >= 4 is 5.78 Å². The molecule has 0 unspecified atom stereocenters. The number of Topliss-reactive ketones (excluding diaryl/α,β-unsaturated/α-hetero) is 1. The minimum Gasteiger partial charge on any atom is -0.299 e. The number of nitrogens with zero attached hydrogens (tertiary/aromatic N) is 1. The number of aromatic nitrogens is 1. The minimum atomic E-state index is -0.848. The van der Waals surface area contributed by atoms with Gasteiger partial charge < -0.3 is 0 Å². The van der Waals surface area contributed by atoms with E-state index in [0.29, 0.717) is 18.4 Å². The standard InChI is InChI=1S/C22H19F2NO/c23-21-8-2-7-20(22(21)24)18-11-9-16(10-12-18)4-1-6-19(26)14-17-5-3-13-25-15-17/h2-3,5,7-13,15H,1,4,6,14H2. The molecule has 0 aliphatic heterocycles. The molecule has 0 radical (unpaired) electrons. The summed E-state index contributed by atoms with van der Waals surface area (Å²) in [4.78, 5) is 16.0. The number of carbonyl (C=O) groups excluding carboxylic acids is 1. The molecular weight excluding hydrogens is 332 g/mol. The maximum Gasteiger partial charge on any atom is 0.166 e. The summed E-state index contributed by atoms with van der Waals surface area (Å²) in [5.74, 6) is -1.49. The Bertz CT molecular complexity index is 876. The third-order valence-electron chi connectivity index (χ3n) is 4.26. The van der Waals surface area contributed by atoms with Crippen LogP contribution in [0.4, 0.5) is 8.78 Å². The van der Waals surface area contributed by atoms with Crippen molar-refractivity contribution < 1.29 is 13.6 Å². The molecule has 1 aromatic heterocycles.